The standard InChI is InChI=1S/C23H24BFN5O2/c1-15-20(25)22(30-11-13-32-14-12-30)29-21(26-15)16-3-7-18(8-4-16)27-23(31)28-19-9-5-17(24-2)6-10-19/h3-10H,11-14H2,1-2H3,(H2,27,28,31). The molecule has 1 aliphatic rings. The molecular weight excluding hydrogens is 408 g/mol. The van der Waals surface area contributed by atoms with Crippen LogP contribution in [0.15, 0.2) is 48.5 Å². The van der Waals surface area contributed by atoms with Crippen molar-refractivity contribution in [3.05, 3.63) is 60.0 Å². The van der Waals surface area contributed by atoms with Crippen LogP contribution in [-0.2, 0) is 4.74 Å². The van der Waals surface area contributed by atoms with E-state index in [0.717, 1.165) is 11.0 Å². The number of aryl methyl sites for hydroxylation is 1. The third kappa shape index (κ3) is 5.05. The quantitative estimate of drug-likeness (QED) is 0.604. The number of urea groups is 1. The number of rotatable bonds is 5. The van der Waals surface area contributed by atoms with E-state index in [2.05, 4.69) is 20.6 Å². The number of halogens is 1. The van der Waals surface area contributed by atoms with Crippen molar-refractivity contribution in [2.75, 3.05) is 41.8 Å². The molecule has 1 aliphatic heterocycles. The molecule has 0 unspecified atom stereocenters. The number of carbonyl (C=O) groups is 1. The Bertz CT molecular complexity index is 1090. The lowest BCUT2D eigenvalue weighted by Gasteiger charge is -2.28. The molecule has 1 radical (unpaired) electrons. The third-order valence-corrected chi connectivity index (χ3v) is 5.21. The van der Waals surface area contributed by atoms with Crippen molar-refractivity contribution in [3.63, 3.8) is 0 Å². The molecule has 0 bridgehead atoms. The minimum atomic E-state index is -0.407. The second-order valence-corrected chi connectivity index (χ2v) is 7.44. The molecular formula is C23H24BFN5O2. The van der Waals surface area contributed by atoms with Crippen LogP contribution >= 0.6 is 0 Å². The summed E-state index contributed by atoms with van der Waals surface area (Å²) >= 11 is 0. The predicted octanol–water partition coefficient (Wildman–Crippen LogP) is 3.45. The van der Waals surface area contributed by atoms with E-state index in [4.69, 9.17) is 4.74 Å². The largest absolute Gasteiger partial charge is 0.378 e. The Morgan fingerprint density at radius 1 is 1.00 bits per heavy atom. The van der Waals surface area contributed by atoms with E-state index in [-0.39, 0.29) is 6.03 Å². The van der Waals surface area contributed by atoms with Gasteiger partial charge in [-0.25, -0.2) is 19.2 Å². The zero-order valence-corrected chi connectivity index (χ0v) is 18.1. The van der Waals surface area contributed by atoms with Gasteiger partial charge in [0.2, 0.25) is 0 Å². The molecule has 163 valence electrons. The third-order valence-electron chi connectivity index (χ3n) is 5.21. The Balaban J connectivity index is 1.46. The van der Waals surface area contributed by atoms with E-state index >= 15 is 0 Å². The molecule has 2 heterocycles. The average Bonchev–Trinajstić information content (AvgIpc) is 2.82. The molecule has 2 N–H and O–H groups in total. The highest BCUT2D eigenvalue weighted by Gasteiger charge is 2.20. The first-order valence-electron chi connectivity index (χ1n) is 10.5. The number of hydrogen-bond donors (Lipinski definition) is 2. The summed E-state index contributed by atoms with van der Waals surface area (Å²) in [6.07, 6.45) is 0. The lowest BCUT2D eigenvalue weighted by Crippen LogP contribution is -2.37. The van der Waals surface area contributed by atoms with Crippen LogP contribution in [0.1, 0.15) is 5.69 Å². The molecule has 4 rings (SSSR count). The summed E-state index contributed by atoms with van der Waals surface area (Å²) in [6.45, 7) is 5.85. The normalized spacial score (nSPS) is 13.5. The molecule has 0 spiro atoms. The smallest absolute Gasteiger partial charge is 0.323 e. The first kappa shape index (κ1) is 21.8. The molecule has 7 nitrogen and oxygen atoms in total. The minimum Gasteiger partial charge on any atom is -0.378 e. The molecule has 0 saturated carbocycles. The molecule has 9 heteroatoms. The van der Waals surface area contributed by atoms with Crippen LogP contribution in [0.2, 0.25) is 6.82 Å². The zero-order chi connectivity index (χ0) is 22.5. The number of amides is 2. The predicted molar refractivity (Wildman–Crippen MR) is 126 cm³/mol. The molecule has 2 amide bonds. The van der Waals surface area contributed by atoms with E-state index in [1.54, 1.807) is 31.2 Å². The van der Waals surface area contributed by atoms with E-state index in [1.165, 1.54) is 0 Å². The maximum atomic E-state index is 14.6. The van der Waals surface area contributed by atoms with Crippen molar-refractivity contribution in [2.45, 2.75) is 13.7 Å². The Kier molecular flexibility index (Phi) is 6.65. The van der Waals surface area contributed by atoms with Crippen LogP contribution in [-0.4, -0.2) is 49.6 Å². The summed E-state index contributed by atoms with van der Waals surface area (Å²) in [5.74, 6) is 0.328. The van der Waals surface area contributed by atoms with Crippen LogP contribution in [0.5, 0.6) is 0 Å². The van der Waals surface area contributed by atoms with E-state index in [0.29, 0.717) is 55.0 Å². The van der Waals surface area contributed by atoms with Crippen molar-refractivity contribution in [3.8, 4) is 11.4 Å². The second-order valence-electron chi connectivity index (χ2n) is 7.44. The number of anilines is 3. The van der Waals surface area contributed by atoms with Crippen LogP contribution < -0.4 is 21.0 Å². The summed E-state index contributed by atoms with van der Waals surface area (Å²) in [5.41, 5.74) is 3.44. The number of carbonyl (C=O) groups excluding carboxylic acids is 1. The fourth-order valence-electron chi connectivity index (χ4n) is 3.41. The zero-order valence-electron chi connectivity index (χ0n) is 18.1. The van der Waals surface area contributed by atoms with E-state index < -0.39 is 5.82 Å². The Morgan fingerprint density at radius 2 is 1.59 bits per heavy atom. The monoisotopic (exact) mass is 432 g/mol. The maximum Gasteiger partial charge on any atom is 0.323 e. The number of hydrogen-bond acceptors (Lipinski definition) is 5. The SMILES string of the molecule is C[B]c1ccc(NC(=O)Nc2ccc(-c3nc(C)c(F)c(N4CCOCC4)n3)cc2)cc1. The van der Waals surface area contributed by atoms with Crippen LogP contribution in [0.4, 0.5) is 26.4 Å². The molecule has 0 atom stereocenters. The maximum absolute atomic E-state index is 14.6. The van der Waals surface area contributed by atoms with Gasteiger partial charge in [0.15, 0.2) is 17.5 Å². The van der Waals surface area contributed by atoms with Crippen molar-refractivity contribution >= 4 is 36.0 Å². The van der Waals surface area contributed by atoms with Gasteiger partial charge < -0.3 is 20.3 Å². The second kappa shape index (κ2) is 9.78. The summed E-state index contributed by atoms with van der Waals surface area (Å²) in [4.78, 5) is 22.9. The van der Waals surface area contributed by atoms with Crippen molar-refractivity contribution in [1.29, 1.82) is 0 Å². The Hall–Kier alpha value is -3.46. The molecule has 3 aromatic rings. The first-order valence-corrected chi connectivity index (χ1v) is 10.5. The number of nitrogens with zero attached hydrogens (tertiary/aromatic N) is 3. The summed E-state index contributed by atoms with van der Waals surface area (Å²) in [6, 6.07) is 14.3. The lowest BCUT2D eigenvalue weighted by atomic mass is 9.73. The molecule has 0 aliphatic carbocycles. The van der Waals surface area contributed by atoms with Crippen molar-refractivity contribution < 1.29 is 13.9 Å². The van der Waals surface area contributed by atoms with Gasteiger partial charge >= 0.3 is 6.03 Å². The summed E-state index contributed by atoms with van der Waals surface area (Å²) in [7, 11) is 1.99. The number of morpholine rings is 1. The van der Waals surface area contributed by atoms with Gasteiger partial charge in [-0.05, 0) is 43.3 Å². The Labute approximate surface area is 187 Å². The minimum absolute atomic E-state index is 0.295. The van der Waals surface area contributed by atoms with Gasteiger partial charge in [0.1, 0.15) is 7.28 Å². The van der Waals surface area contributed by atoms with Crippen molar-refractivity contribution in [2.24, 2.45) is 0 Å². The Morgan fingerprint density at radius 3 is 2.19 bits per heavy atom. The van der Waals surface area contributed by atoms with E-state index in [9.17, 15) is 9.18 Å². The number of benzene rings is 2. The van der Waals surface area contributed by atoms with Gasteiger partial charge in [-0.15, -0.1) is 0 Å². The van der Waals surface area contributed by atoms with Gasteiger partial charge in [0.25, 0.3) is 0 Å². The number of aromatic nitrogens is 2. The summed E-state index contributed by atoms with van der Waals surface area (Å²) < 4.78 is 20.0. The van der Waals surface area contributed by atoms with Crippen LogP contribution in [0.25, 0.3) is 11.4 Å². The molecule has 32 heavy (non-hydrogen) atoms. The van der Waals surface area contributed by atoms with Crippen LogP contribution in [0.3, 0.4) is 0 Å². The highest BCUT2D eigenvalue weighted by molar-refractivity contribution is 6.51. The topological polar surface area (TPSA) is 79.4 Å². The summed E-state index contributed by atoms with van der Waals surface area (Å²) in [5, 5.41) is 5.60. The highest BCUT2D eigenvalue weighted by atomic mass is 19.1. The molecule has 2 aromatic carbocycles. The van der Waals surface area contributed by atoms with Crippen molar-refractivity contribution in [1.82, 2.24) is 9.97 Å². The van der Waals surface area contributed by atoms with Gasteiger partial charge in [0, 0.05) is 30.0 Å². The first-order chi connectivity index (χ1) is 15.5. The number of nitrogens with one attached hydrogen (secondary N) is 2. The molecule has 1 saturated heterocycles. The molecule has 1 fully saturated rings. The van der Waals surface area contributed by atoms with E-state index in [1.807, 2.05) is 43.3 Å². The van der Waals surface area contributed by atoms with Crippen LogP contribution in [0, 0.1) is 12.7 Å². The molecule has 1 aromatic heterocycles. The fraction of sp³-hybridized carbons (Fsp3) is 0.261. The fourth-order valence-corrected chi connectivity index (χ4v) is 3.41. The van der Waals surface area contributed by atoms with Gasteiger partial charge in [-0.2, -0.15) is 0 Å². The van der Waals surface area contributed by atoms with Gasteiger partial charge in [0.05, 0.1) is 18.9 Å². The van der Waals surface area contributed by atoms with Gasteiger partial charge in [-0.1, -0.05) is 24.4 Å². The average molecular weight is 432 g/mol. The number of ether oxygens (including phenoxy) is 1. The lowest BCUT2D eigenvalue weighted by molar-refractivity contribution is 0.122. The highest BCUT2D eigenvalue weighted by Crippen LogP contribution is 2.25. The van der Waals surface area contributed by atoms with Gasteiger partial charge in [-0.3, -0.25) is 0 Å².